The Balaban J connectivity index is 2.37. The Kier molecular flexibility index (Phi) is 3.49. The van der Waals surface area contributed by atoms with E-state index < -0.39 is 0 Å². The number of hydrogen-bond donors (Lipinski definition) is 1. The smallest absolute Gasteiger partial charge is 0.126 e. The number of aliphatic hydroxyl groups is 1. The van der Waals surface area contributed by atoms with Gasteiger partial charge in [-0.05, 0) is 36.8 Å². The molecule has 0 heterocycles. The number of ether oxygens (including phenoxy) is 1. The van der Waals surface area contributed by atoms with E-state index in [1.165, 1.54) is 18.4 Å². The van der Waals surface area contributed by atoms with Crippen LogP contribution >= 0.6 is 0 Å². The van der Waals surface area contributed by atoms with E-state index in [0.717, 1.165) is 11.3 Å². The summed E-state index contributed by atoms with van der Waals surface area (Å²) in [5, 5.41) is 9.27. The van der Waals surface area contributed by atoms with Crippen LogP contribution in [0.5, 0.6) is 5.75 Å². The second kappa shape index (κ2) is 4.88. The van der Waals surface area contributed by atoms with E-state index in [4.69, 9.17) is 4.74 Å². The first-order valence-electron chi connectivity index (χ1n) is 6.14. The molecule has 1 fully saturated rings. The molecular formula is C14H20O2. The molecule has 0 spiro atoms. The van der Waals surface area contributed by atoms with Crippen molar-refractivity contribution in [2.24, 2.45) is 0 Å². The summed E-state index contributed by atoms with van der Waals surface area (Å²) < 4.78 is 5.78. The Bertz CT molecular complexity index is 356. The van der Waals surface area contributed by atoms with Crippen molar-refractivity contribution in [2.45, 2.75) is 38.5 Å². The van der Waals surface area contributed by atoms with Crippen LogP contribution in [0.1, 0.15) is 49.7 Å². The van der Waals surface area contributed by atoms with Crippen LogP contribution in [0.4, 0.5) is 0 Å². The minimum Gasteiger partial charge on any atom is -0.493 e. The molecule has 0 aliphatic heterocycles. The van der Waals surface area contributed by atoms with E-state index >= 15 is 0 Å². The second-order valence-electron chi connectivity index (χ2n) is 4.56. The molecule has 1 aromatic rings. The van der Waals surface area contributed by atoms with Crippen LogP contribution in [-0.2, 0) is 0 Å². The average molecular weight is 220 g/mol. The molecule has 1 unspecified atom stereocenters. The second-order valence-corrected chi connectivity index (χ2v) is 4.56. The maximum absolute atomic E-state index is 9.27. The van der Waals surface area contributed by atoms with E-state index in [1.54, 1.807) is 0 Å². The molecule has 0 bridgehead atoms. The molecule has 0 saturated heterocycles. The number of aliphatic hydroxyl groups excluding tert-OH is 1. The summed E-state index contributed by atoms with van der Waals surface area (Å²) in [5.41, 5.74) is 2.48. The van der Waals surface area contributed by atoms with Gasteiger partial charge in [-0.25, -0.2) is 0 Å². The Morgan fingerprint density at radius 1 is 1.44 bits per heavy atom. The lowest BCUT2D eigenvalue weighted by Crippen LogP contribution is -2.05. The van der Waals surface area contributed by atoms with Gasteiger partial charge in [0.1, 0.15) is 5.75 Å². The van der Waals surface area contributed by atoms with Gasteiger partial charge >= 0.3 is 0 Å². The van der Waals surface area contributed by atoms with Crippen LogP contribution in [0, 0.1) is 0 Å². The third kappa shape index (κ3) is 2.22. The molecule has 0 radical (unpaired) electrons. The van der Waals surface area contributed by atoms with Crippen molar-refractivity contribution in [3.05, 3.63) is 29.3 Å². The average Bonchev–Trinajstić information content (AvgIpc) is 3.13. The van der Waals surface area contributed by atoms with Crippen molar-refractivity contribution in [1.82, 2.24) is 0 Å². The molecule has 1 aromatic carbocycles. The minimum absolute atomic E-state index is 0.153. The highest BCUT2D eigenvalue weighted by Crippen LogP contribution is 2.46. The van der Waals surface area contributed by atoms with Crippen LogP contribution in [0.15, 0.2) is 18.2 Å². The first kappa shape index (κ1) is 11.5. The van der Waals surface area contributed by atoms with Crippen molar-refractivity contribution < 1.29 is 9.84 Å². The molecule has 1 N–H and O–H groups in total. The first-order chi connectivity index (χ1) is 7.77. The highest BCUT2D eigenvalue weighted by molar-refractivity contribution is 5.46. The van der Waals surface area contributed by atoms with Crippen LogP contribution in [0.2, 0.25) is 0 Å². The fourth-order valence-corrected chi connectivity index (χ4v) is 2.09. The van der Waals surface area contributed by atoms with Gasteiger partial charge in [-0.1, -0.05) is 25.1 Å². The van der Waals surface area contributed by atoms with Crippen LogP contribution in [-0.4, -0.2) is 18.3 Å². The van der Waals surface area contributed by atoms with Gasteiger partial charge in [-0.3, -0.25) is 0 Å². The summed E-state index contributed by atoms with van der Waals surface area (Å²) in [4.78, 5) is 0. The predicted octanol–water partition coefficient (Wildman–Crippen LogP) is 3.06. The normalized spacial score (nSPS) is 17.2. The Hall–Kier alpha value is -1.02. The third-order valence-corrected chi connectivity index (χ3v) is 3.19. The van der Waals surface area contributed by atoms with Crippen LogP contribution in [0.25, 0.3) is 0 Å². The van der Waals surface area contributed by atoms with Gasteiger partial charge in [0, 0.05) is 12.5 Å². The quantitative estimate of drug-likeness (QED) is 0.826. The molecule has 16 heavy (non-hydrogen) atoms. The number of para-hydroxylation sites is 1. The lowest BCUT2D eigenvalue weighted by molar-refractivity contribution is 0.266. The number of hydrogen-bond acceptors (Lipinski definition) is 2. The van der Waals surface area contributed by atoms with Gasteiger partial charge in [0.2, 0.25) is 0 Å². The van der Waals surface area contributed by atoms with E-state index in [9.17, 15) is 5.11 Å². The Morgan fingerprint density at radius 2 is 2.19 bits per heavy atom. The zero-order valence-corrected chi connectivity index (χ0v) is 10.1. The molecule has 0 amide bonds. The molecule has 2 heteroatoms. The molecular weight excluding hydrogens is 200 g/mol. The fraction of sp³-hybridized carbons (Fsp3) is 0.571. The zero-order valence-electron chi connectivity index (χ0n) is 10.1. The van der Waals surface area contributed by atoms with E-state index in [0.29, 0.717) is 12.5 Å². The molecule has 1 aliphatic rings. The van der Waals surface area contributed by atoms with Crippen molar-refractivity contribution in [3.63, 3.8) is 0 Å². The van der Waals surface area contributed by atoms with Crippen LogP contribution < -0.4 is 4.74 Å². The largest absolute Gasteiger partial charge is 0.493 e. The highest BCUT2D eigenvalue weighted by Gasteiger charge is 2.28. The topological polar surface area (TPSA) is 29.5 Å². The fourth-order valence-electron chi connectivity index (χ4n) is 2.09. The van der Waals surface area contributed by atoms with Gasteiger partial charge in [-0.2, -0.15) is 0 Å². The van der Waals surface area contributed by atoms with E-state index in [2.05, 4.69) is 18.2 Å². The predicted molar refractivity (Wildman–Crippen MR) is 65.1 cm³/mol. The van der Waals surface area contributed by atoms with E-state index in [-0.39, 0.29) is 12.5 Å². The lowest BCUT2D eigenvalue weighted by atomic mass is 9.96. The summed E-state index contributed by atoms with van der Waals surface area (Å²) in [6, 6.07) is 6.31. The van der Waals surface area contributed by atoms with Crippen molar-refractivity contribution >= 4 is 0 Å². The van der Waals surface area contributed by atoms with E-state index in [1.807, 2.05) is 13.8 Å². The first-order valence-corrected chi connectivity index (χ1v) is 6.14. The Morgan fingerprint density at radius 3 is 2.75 bits per heavy atom. The molecule has 2 nitrogen and oxygen atoms in total. The van der Waals surface area contributed by atoms with Crippen LogP contribution in [0.3, 0.4) is 0 Å². The summed E-state index contributed by atoms with van der Waals surface area (Å²) >= 11 is 0. The Labute approximate surface area is 97.3 Å². The maximum atomic E-state index is 9.27. The molecule has 2 rings (SSSR count). The van der Waals surface area contributed by atoms with Gasteiger partial charge < -0.3 is 9.84 Å². The molecule has 0 aromatic heterocycles. The minimum atomic E-state index is 0.153. The van der Waals surface area contributed by atoms with Crippen molar-refractivity contribution in [3.8, 4) is 5.75 Å². The monoisotopic (exact) mass is 220 g/mol. The van der Waals surface area contributed by atoms with Crippen molar-refractivity contribution in [1.29, 1.82) is 0 Å². The standard InChI is InChI=1S/C14H20O2/c1-3-16-14-12(10(2)9-15)5-4-6-13(14)11-7-8-11/h4-6,10-11,15H,3,7-9H2,1-2H3. The number of benzene rings is 1. The van der Waals surface area contributed by atoms with Gasteiger partial charge in [-0.15, -0.1) is 0 Å². The highest BCUT2D eigenvalue weighted by atomic mass is 16.5. The van der Waals surface area contributed by atoms with Gasteiger partial charge in [0.05, 0.1) is 6.61 Å². The third-order valence-electron chi connectivity index (χ3n) is 3.19. The van der Waals surface area contributed by atoms with Gasteiger partial charge in [0.15, 0.2) is 0 Å². The summed E-state index contributed by atoms with van der Waals surface area (Å²) in [7, 11) is 0. The maximum Gasteiger partial charge on any atom is 0.126 e. The molecule has 1 atom stereocenters. The SMILES string of the molecule is CCOc1c(C(C)CO)cccc1C1CC1. The summed E-state index contributed by atoms with van der Waals surface area (Å²) in [5.74, 6) is 1.86. The summed E-state index contributed by atoms with van der Waals surface area (Å²) in [6.45, 7) is 4.91. The van der Waals surface area contributed by atoms with Crippen molar-refractivity contribution in [2.75, 3.05) is 13.2 Å². The zero-order chi connectivity index (χ0) is 11.5. The molecule has 1 saturated carbocycles. The van der Waals surface area contributed by atoms with Gasteiger partial charge in [0.25, 0.3) is 0 Å². The number of rotatable bonds is 5. The molecule has 1 aliphatic carbocycles. The lowest BCUT2D eigenvalue weighted by Gasteiger charge is -2.18. The summed E-state index contributed by atoms with van der Waals surface area (Å²) in [6.07, 6.45) is 2.55. The molecule has 88 valence electrons.